The molecule has 1 unspecified atom stereocenters. The molecule has 0 aromatic heterocycles. The van der Waals surface area contributed by atoms with E-state index in [-0.39, 0.29) is 5.41 Å². The van der Waals surface area contributed by atoms with Gasteiger partial charge in [-0.15, -0.1) is 0 Å². The van der Waals surface area contributed by atoms with Crippen molar-refractivity contribution in [2.75, 3.05) is 0 Å². The molecule has 0 radical (unpaired) electrons. The minimum absolute atomic E-state index is 0.178. The van der Waals surface area contributed by atoms with E-state index in [1.165, 1.54) is 22.3 Å². The van der Waals surface area contributed by atoms with Gasteiger partial charge in [-0.05, 0) is 61.8 Å². The van der Waals surface area contributed by atoms with Gasteiger partial charge in [-0.3, -0.25) is 4.79 Å². The smallest absolute Gasteiger partial charge is 0.169 e. The lowest BCUT2D eigenvalue weighted by Gasteiger charge is -2.26. The summed E-state index contributed by atoms with van der Waals surface area (Å²) in [5, 5.41) is 0. The third-order valence-electron chi connectivity index (χ3n) is 5.27. The predicted octanol–water partition coefficient (Wildman–Crippen LogP) is 4.30. The molecule has 2 aromatic carbocycles. The Labute approximate surface area is 126 Å². The molecule has 0 saturated carbocycles. The van der Waals surface area contributed by atoms with Crippen molar-refractivity contribution in [2.24, 2.45) is 5.41 Å². The first-order valence-electron chi connectivity index (χ1n) is 7.89. The Morgan fingerprint density at radius 2 is 1.71 bits per heavy atom. The molecule has 1 spiro atoms. The van der Waals surface area contributed by atoms with E-state index in [1.54, 1.807) is 0 Å². The summed E-state index contributed by atoms with van der Waals surface area (Å²) >= 11 is 0. The molecule has 2 aliphatic carbocycles. The Balaban J connectivity index is 1.78. The van der Waals surface area contributed by atoms with Crippen molar-refractivity contribution in [1.82, 2.24) is 0 Å². The number of hydrogen-bond acceptors (Lipinski definition) is 1. The second kappa shape index (κ2) is 4.56. The molecule has 2 aliphatic rings. The molecule has 1 heteroatoms. The summed E-state index contributed by atoms with van der Waals surface area (Å²) in [5.41, 5.74) is 6.07. The van der Waals surface area contributed by atoms with Gasteiger partial charge in [0.1, 0.15) is 0 Å². The first kappa shape index (κ1) is 12.8. The number of aryl methyl sites for hydroxylation is 2. The summed E-state index contributed by atoms with van der Waals surface area (Å²) < 4.78 is 0. The van der Waals surface area contributed by atoms with Crippen molar-refractivity contribution < 1.29 is 4.79 Å². The van der Waals surface area contributed by atoms with E-state index in [1.807, 2.05) is 0 Å². The molecule has 106 valence electrons. The minimum atomic E-state index is -0.178. The van der Waals surface area contributed by atoms with Crippen molar-refractivity contribution in [3.05, 3.63) is 70.3 Å². The minimum Gasteiger partial charge on any atom is -0.294 e. The van der Waals surface area contributed by atoms with Crippen LogP contribution in [-0.2, 0) is 19.3 Å². The number of rotatable bonds is 0. The maximum Gasteiger partial charge on any atom is 0.169 e. The monoisotopic (exact) mass is 276 g/mol. The average Bonchev–Trinajstić information content (AvgIpc) is 2.65. The number of benzene rings is 2. The lowest BCUT2D eigenvalue weighted by molar-refractivity contribution is 0.0804. The average molecular weight is 276 g/mol. The van der Waals surface area contributed by atoms with Crippen LogP contribution in [0.2, 0.25) is 0 Å². The van der Waals surface area contributed by atoms with Gasteiger partial charge in [0, 0.05) is 11.0 Å². The number of fused-ring (bicyclic) bond motifs is 2. The van der Waals surface area contributed by atoms with Crippen LogP contribution in [0.1, 0.15) is 45.5 Å². The highest BCUT2D eigenvalue weighted by atomic mass is 16.1. The molecule has 0 bridgehead atoms. The van der Waals surface area contributed by atoms with Crippen molar-refractivity contribution in [1.29, 1.82) is 0 Å². The molecule has 0 fully saturated rings. The number of ketones is 1. The third-order valence-corrected chi connectivity index (χ3v) is 5.27. The zero-order chi connectivity index (χ0) is 14.4. The fourth-order valence-electron chi connectivity index (χ4n) is 4.18. The first-order chi connectivity index (χ1) is 10.2. The molecule has 0 N–H and O–H groups in total. The third kappa shape index (κ3) is 1.95. The van der Waals surface area contributed by atoms with Gasteiger partial charge >= 0.3 is 0 Å². The zero-order valence-corrected chi connectivity index (χ0v) is 12.5. The van der Waals surface area contributed by atoms with E-state index in [2.05, 4.69) is 49.4 Å². The van der Waals surface area contributed by atoms with Gasteiger partial charge in [-0.2, -0.15) is 0 Å². The van der Waals surface area contributed by atoms with Crippen LogP contribution in [0.25, 0.3) is 0 Å². The summed E-state index contributed by atoms with van der Waals surface area (Å²) in [6, 6.07) is 15.0. The van der Waals surface area contributed by atoms with Gasteiger partial charge < -0.3 is 0 Å². The normalized spacial score (nSPS) is 23.8. The van der Waals surface area contributed by atoms with Crippen molar-refractivity contribution >= 4 is 5.78 Å². The van der Waals surface area contributed by atoms with Crippen LogP contribution in [0.4, 0.5) is 0 Å². The summed E-state index contributed by atoms with van der Waals surface area (Å²) in [6.07, 6.45) is 5.09. The molecule has 21 heavy (non-hydrogen) atoms. The van der Waals surface area contributed by atoms with Crippen LogP contribution in [0.5, 0.6) is 0 Å². The summed E-state index contributed by atoms with van der Waals surface area (Å²) in [6.45, 7) is 2.07. The van der Waals surface area contributed by atoms with E-state index >= 15 is 0 Å². The Hall–Kier alpha value is -1.89. The number of Topliss-reactive ketones (excluding diaryl/α,β-unsaturated/α-hetero) is 1. The number of carbonyl (C=O) groups excluding carboxylic acids is 1. The topological polar surface area (TPSA) is 17.1 Å². The second-order valence-electron chi connectivity index (χ2n) is 6.75. The van der Waals surface area contributed by atoms with Gasteiger partial charge in [0.15, 0.2) is 5.78 Å². The van der Waals surface area contributed by atoms with Crippen molar-refractivity contribution in [2.45, 2.75) is 39.0 Å². The highest BCUT2D eigenvalue weighted by Crippen LogP contribution is 2.45. The van der Waals surface area contributed by atoms with E-state index in [4.69, 9.17) is 0 Å². The Morgan fingerprint density at radius 1 is 0.952 bits per heavy atom. The lowest BCUT2D eigenvalue weighted by Crippen LogP contribution is -2.30. The summed E-state index contributed by atoms with van der Waals surface area (Å²) in [5.74, 6) is 0.387. The van der Waals surface area contributed by atoms with Gasteiger partial charge in [-0.25, -0.2) is 0 Å². The Kier molecular flexibility index (Phi) is 2.78. The first-order valence-corrected chi connectivity index (χ1v) is 7.89. The molecule has 0 aliphatic heterocycles. The number of hydrogen-bond donors (Lipinski definition) is 0. The highest BCUT2D eigenvalue weighted by Gasteiger charge is 2.45. The van der Waals surface area contributed by atoms with Gasteiger partial charge in [0.25, 0.3) is 0 Å². The van der Waals surface area contributed by atoms with Gasteiger partial charge in [0.05, 0.1) is 0 Å². The largest absolute Gasteiger partial charge is 0.294 e. The van der Waals surface area contributed by atoms with Crippen LogP contribution in [0, 0.1) is 12.3 Å². The lowest BCUT2D eigenvalue weighted by atomic mass is 9.75. The van der Waals surface area contributed by atoms with Crippen molar-refractivity contribution in [3.8, 4) is 0 Å². The molecule has 1 atom stereocenters. The standard InChI is InChI=1S/C20H20O/c1-14-8-9-17-13-20(19(21)18(17)11-14)10-4-7-15-5-2-3-6-16(15)12-20/h2-3,5-6,8-9,11H,4,7,10,12-13H2,1H3. The molecule has 0 saturated heterocycles. The molecule has 0 amide bonds. The molecular weight excluding hydrogens is 256 g/mol. The molecule has 1 nitrogen and oxygen atoms in total. The fourth-order valence-corrected chi connectivity index (χ4v) is 4.18. The van der Waals surface area contributed by atoms with Gasteiger partial charge in [0.2, 0.25) is 0 Å². The summed E-state index contributed by atoms with van der Waals surface area (Å²) in [4.78, 5) is 13.1. The predicted molar refractivity (Wildman–Crippen MR) is 84.7 cm³/mol. The Morgan fingerprint density at radius 3 is 2.57 bits per heavy atom. The fraction of sp³-hybridized carbons (Fsp3) is 0.350. The SMILES string of the molecule is Cc1ccc2c(c1)C(=O)C1(CCCc3ccccc3C1)C2. The van der Waals surface area contributed by atoms with E-state index in [0.29, 0.717) is 5.78 Å². The maximum atomic E-state index is 13.1. The van der Waals surface area contributed by atoms with E-state index in [9.17, 15) is 4.79 Å². The molecule has 4 rings (SSSR count). The van der Waals surface area contributed by atoms with Crippen LogP contribution < -0.4 is 0 Å². The molecule has 0 heterocycles. The van der Waals surface area contributed by atoms with Crippen molar-refractivity contribution in [3.63, 3.8) is 0 Å². The van der Waals surface area contributed by atoms with Crippen LogP contribution in [-0.4, -0.2) is 5.78 Å². The van der Waals surface area contributed by atoms with Crippen LogP contribution >= 0.6 is 0 Å². The maximum absolute atomic E-state index is 13.1. The molecular formula is C20H20O. The zero-order valence-electron chi connectivity index (χ0n) is 12.5. The van der Waals surface area contributed by atoms with E-state index in [0.717, 1.165) is 37.7 Å². The Bertz CT molecular complexity index is 728. The van der Waals surface area contributed by atoms with Crippen LogP contribution in [0.15, 0.2) is 42.5 Å². The quantitative estimate of drug-likeness (QED) is 0.701. The number of carbonyl (C=O) groups is 1. The van der Waals surface area contributed by atoms with E-state index < -0.39 is 0 Å². The highest BCUT2D eigenvalue weighted by molar-refractivity contribution is 6.05. The van der Waals surface area contributed by atoms with Gasteiger partial charge in [-0.1, -0.05) is 42.0 Å². The summed E-state index contributed by atoms with van der Waals surface area (Å²) in [7, 11) is 0. The van der Waals surface area contributed by atoms with Crippen LogP contribution in [0.3, 0.4) is 0 Å². The second-order valence-corrected chi connectivity index (χ2v) is 6.75. The molecule has 2 aromatic rings.